The maximum absolute atomic E-state index is 13.6. The van der Waals surface area contributed by atoms with E-state index in [2.05, 4.69) is 21.6 Å². The molecule has 1 unspecified atom stereocenters. The molecule has 2 aromatic carbocycles. The Bertz CT molecular complexity index is 783. The number of hydrogen-bond acceptors (Lipinski definition) is 2. The van der Waals surface area contributed by atoms with Crippen molar-refractivity contribution in [1.82, 2.24) is 15.5 Å². The van der Waals surface area contributed by atoms with Crippen LogP contribution in [-0.4, -0.2) is 25.0 Å². The Kier molecular flexibility index (Phi) is 7.26. The summed E-state index contributed by atoms with van der Waals surface area (Å²) >= 11 is 11.8. The SMILES string of the molecule is CC(NC(=O)NCc1cccc(CN(C)C)c1)c1cc(F)c(Cl)cc1Cl. The molecule has 2 aromatic rings. The number of rotatable bonds is 6. The second-order valence-corrected chi connectivity index (χ2v) is 7.21. The van der Waals surface area contributed by atoms with Gasteiger partial charge in [-0.3, -0.25) is 0 Å². The third-order valence-corrected chi connectivity index (χ3v) is 4.41. The zero-order valence-corrected chi connectivity index (χ0v) is 16.5. The number of carbonyl (C=O) groups excluding carboxylic acids is 1. The van der Waals surface area contributed by atoms with Gasteiger partial charge in [-0.2, -0.15) is 0 Å². The van der Waals surface area contributed by atoms with Crippen LogP contribution < -0.4 is 10.6 Å². The van der Waals surface area contributed by atoms with Gasteiger partial charge in [-0.15, -0.1) is 0 Å². The van der Waals surface area contributed by atoms with Gasteiger partial charge in [0.2, 0.25) is 0 Å². The van der Waals surface area contributed by atoms with Crippen LogP contribution in [0.15, 0.2) is 36.4 Å². The number of urea groups is 1. The van der Waals surface area contributed by atoms with Crippen LogP contribution in [0.25, 0.3) is 0 Å². The molecule has 0 radical (unpaired) electrons. The molecule has 0 spiro atoms. The summed E-state index contributed by atoms with van der Waals surface area (Å²) in [5.41, 5.74) is 2.64. The van der Waals surface area contributed by atoms with Crippen LogP contribution >= 0.6 is 23.2 Å². The number of hydrogen-bond donors (Lipinski definition) is 2. The predicted octanol–water partition coefficient (Wildman–Crippen LogP) is 4.75. The van der Waals surface area contributed by atoms with E-state index in [1.807, 2.05) is 32.3 Å². The largest absolute Gasteiger partial charge is 0.334 e. The van der Waals surface area contributed by atoms with Crippen molar-refractivity contribution in [1.29, 1.82) is 0 Å². The quantitative estimate of drug-likeness (QED) is 0.690. The number of halogens is 3. The Hall–Kier alpha value is -1.82. The van der Waals surface area contributed by atoms with Gasteiger partial charge >= 0.3 is 6.03 Å². The molecule has 140 valence electrons. The molecule has 2 amide bonds. The molecule has 0 aliphatic heterocycles. The summed E-state index contributed by atoms with van der Waals surface area (Å²) in [4.78, 5) is 14.2. The molecular weight excluding hydrogens is 376 g/mol. The molecule has 0 saturated heterocycles. The summed E-state index contributed by atoms with van der Waals surface area (Å²) in [7, 11) is 4.01. The van der Waals surface area contributed by atoms with Crippen LogP contribution in [0.5, 0.6) is 0 Å². The first kappa shape index (κ1) is 20.5. The van der Waals surface area contributed by atoms with E-state index in [1.54, 1.807) is 6.92 Å². The minimum Gasteiger partial charge on any atom is -0.334 e. The standard InChI is InChI=1S/C19H22Cl2FN3O/c1-12(15-8-18(22)17(21)9-16(15)20)24-19(26)23-10-13-5-4-6-14(7-13)11-25(2)3/h4-9,12H,10-11H2,1-3H3,(H2,23,24,26). The van der Waals surface area contributed by atoms with Crippen molar-refractivity contribution in [2.24, 2.45) is 0 Å². The lowest BCUT2D eigenvalue weighted by atomic mass is 10.1. The molecule has 4 nitrogen and oxygen atoms in total. The molecule has 2 N–H and O–H groups in total. The van der Waals surface area contributed by atoms with Gasteiger partial charge in [0.25, 0.3) is 0 Å². The van der Waals surface area contributed by atoms with Crippen LogP contribution in [0, 0.1) is 5.82 Å². The summed E-state index contributed by atoms with van der Waals surface area (Å²) in [6, 6.07) is 9.76. The Labute approximate surface area is 163 Å². The van der Waals surface area contributed by atoms with Gasteiger partial charge in [-0.1, -0.05) is 47.5 Å². The fourth-order valence-corrected chi connectivity index (χ4v) is 3.13. The van der Waals surface area contributed by atoms with Crippen molar-refractivity contribution in [3.8, 4) is 0 Å². The van der Waals surface area contributed by atoms with Crippen molar-refractivity contribution in [3.63, 3.8) is 0 Å². The first-order valence-electron chi connectivity index (χ1n) is 8.17. The van der Waals surface area contributed by atoms with E-state index in [4.69, 9.17) is 23.2 Å². The van der Waals surface area contributed by atoms with Gasteiger partial charge in [-0.25, -0.2) is 9.18 Å². The van der Waals surface area contributed by atoms with Crippen molar-refractivity contribution in [2.75, 3.05) is 14.1 Å². The smallest absolute Gasteiger partial charge is 0.315 e. The summed E-state index contributed by atoms with van der Waals surface area (Å²) in [5, 5.41) is 5.81. The molecular formula is C19H22Cl2FN3O. The number of nitrogens with one attached hydrogen (secondary N) is 2. The molecule has 0 saturated carbocycles. The summed E-state index contributed by atoms with van der Waals surface area (Å²) in [5.74, 6) is -0.571. The van der Waals surface area contributed by atoms with Crippen molar-refractivity contribution >= 4 is 29.2 Å². The Morgan fingerprint density at radius 1 is 1.15 bits per heavy atom. The van der Waals surface area contributed by atoms with E-state index in [9.17, 15) is 9.18 Å². The van der Waals surface area contributed by atoms with Crippen molar-refractivity contribution in [2.45, 2.75) is 26.1 Å². The van der Waals surface area contributed by atoms with Gasteiger partial charge in [0, 0.05) is 18.1 Å². The van der Waals surface area contributed by atoms with E-state index < -0.39 is 11.9 Å². The Morgan fingerprint density at radius 2 is 1.85 bits per heavy atom. The lowest BCUT2D eigenvalue weighted by molar-refractivity contribution is 0.237. The molecule has 2 rings (SSSR count). The summed E-state index contributed by atoms with van der Waals surface area (Å²) < 4.78 is 13.6. The first-order valence-corrected chi connectivity index (χ1v) is 8.93. The maximum Gasteiger partial charge on any atom is 0.315 e. The van der Waals surface area contributed by atoms with Gasteiger partial charge in [0.05, 0.1) is 11.1 Å². The van der Waals surface area contributed by atoms with E-state index in [-0.39, 0.29) is 11.1 Å². The minimum atomic E-state index is -0.571. The van der Waals surface area contributed by atoms with Crippen LogP contribution in [0.3, 0.4) is 0 Å². The van der Waals surface area contributed by atoms with Crippen molar-refractivity contribution < 1.29 is 9.18 Å². The third-order valence-electron chi connectivity index (χ3n) is 3.80. The maximum atomic E-state index is 13.6. The van der Waals surface area contributed by atoms with E-state index in [0.717, 1.165) is 12.1 Å². The third kappa shape index (κ3) is 5.87. The van der Waals surface area contributed by atoms with E-state index in [0.29, 0.717) is 17.1 Å². The molecule has 0 aliphatic carbocycles. The number of benzene rings is 2. The van der Waals surface area contributed by atoms with E-state index >= 15 is 0 Å². The molecule has 1 atom stereocenters. The van der Waals surface area contributed by atoms with Crippen LogP contribution in [-0.2, 0) is 13.1 Å². The highest BCUT2D eigenvalue weighted by Crippen LogP contribution is 2.28. The second-order valence-electron chi connectivity index (χ2n) is 6.39. The molecule has 0 bridgehead atoms. The Balaban J connectivity index is 1.94. The monoisotopic (exact) mass is 397 g/mol. The van der Waals surface area contributed by atoms with Gasteiger partial charge in [-0.05, 0) is 49.8 Å². The minimum absolute atomic E-state index is 0.0481. The average Bonchev–Trinajstić information content (AvgIpc) is 2.56. The number of amides is 2. The van der Waals surface area contributed by atoms with Crippen LogP contribution in [0.1, 0.15) is 29.7 Å². The zero-order chi connectivity index (χ0) is 19.3. The molecule has 26 heavy (non-hydrogen) atoms. The second kappa shape index (κ2) is 9.21. The first-order chi connectivity index (χ1) is 12.3. The molecule has 0 heterocycles. The highest BCUT2D eigenvalue weighted by molar-refractivity contribution is 6.35. The van der Waals surface area contributed by atoms with Gasteiger partial charge < -0.3 is 15.5 Å². The topological polar surface area (TPSA) is 44.4 Å². The fraction of sp³-hybridized carbons (Fsp3) is 0.316. The lowest BCUT2D eigenvalue weighted by Gasteiger charge is -2.17. The Morgan fingerprint density at radius 3 is 2.54 bits per heavy atom. The summed E-state index contributed by atoms with van der Waals surface area (Å²) in [6.45, 7) is 2.95. The molecule has 0 fully saturated rings. The highest BCUT2D eigenvalue weighted by Gasteiger charge is 2.15. The normalized spacial score (nSPS) is 12.1. The zero-order valence-electron chi connectivity index (χ0n) is 14.9. The predicted molar refractivity (Wildman–Crippen MR) is 104 cm³/mol. The van der Waals surface area contributed by atoms with Crippen LogP contribution in [0.4, 0.5) is 9.18 Å². The van der Waals surface area contributed by atoms with Crippen LogP contribution in [0.2, 0.25) is 10.0 Å². The highest BCUT2D eigenvalue weighted by atomic mass is 35.5. The molecule has 0 aliphatic rings. The number of carbonyl (C=O) groups is 1. The van der Waals surface area contributed by atoms with Crippen molar-refractivity contribution in [3.05, 3.63) is 69.0 Å². The van der Waals surface area contributed by atoms with Gasteiger partial charge in [0.15, 0.2) is 0 Å². The lowest BCUT2D eigenvalue weighted by Crippen LogP contribution is -2.36. The fourth-order valence-electron chi connectivity index (χ4n) is 2.58. The van der Waals surface area contributed by atoms with Gasteiger partial charge in [0.1, 0.15) is 5.82 Å². The average molecular weight is 398 g/mol. The van der Waals surface area contributed by atoms with E-state index in [1.165, 1.54) is 17.7 Å². The molecule has 7 heteroatoms. The number of nitrogens with zero attached hydrogens (tertiary/aromatic N) is 1. The summed E-state index contributed by atoms with van der Waals surface area (Å²) in [6.07, 6.45) is 0. The molecule has 0 aromatic heterocycles.